The topological polar surface area (TPSA) is 51.2 Å². The van der Waals surface area contributed by atoms with Crippen LogP contribution in [0.25, 0.3) is 10.1 Å². The van der Waals surface area contributed by atoms with Crippen molar-refractivity contribution >= 4 is 33.2 Å². The maximum atomic E-state index is 11.5. The molecule has 0 spiro atoms. The lowest BCUT2D eigenvalue weighted by molar-refractivity contribution is -0.143. The molecular formula is C12H14N2O2S. The predicted octanol–water partition coefficient (Wildman–Crippen LogP) is 2.66. The van der Waals surface area contributed by atoms with Crippen LogP contribution in [0.1, 0.15) is 13.8 Å². The van der Waals surface area contributed by atoms with Crippen molar-refractivity contribution < 1.29 is 9.53 Å². The minimum atomic E-state index is -0.395. The number of ether oxygens (including phenoxy) is 1. The second-order valence-corrected chi connectivity index (χ2v) is 4.56. The molecule has 0 saturated carbocycles. The molecule has 0 aromatic carbocycles. The Morgan fingerprint density at radius 2 is 2.41 bits per heavy atom. The monoisotopic (exact) mass is 250 g/mol. The molecule has 0 aliphatic rings. The number of thiophene rings is 1. The van der Waals surface area contributed by atoms with Gasteiger partial charge >= 0.3 is 5.97 Å². The molecule has 5 heteroatoms. The molecule has 0 aliphatic carbocycles. The summed E-state index contributed by atoms with van der Waals surface area (Å²) in [5, 5.41) is 6.12. The molecule has 0 amide bonds. The first kappa shape index (κ1) is 11.9. The molecule has 90 valence electrons. The summed E-state index contributed by atoms with van der Waals surface area (Å²) in [6.45, 7) is 3.95. The van der Waals surface area contributed by atoms with E-state index in [-0.39, 0.29) is 5.97 Å². The Morgan fingerprint density at radius 3 is 3.18 bits per heavy atom. The van der Waals surface area contributed by atoms with E-state index in [2.05, 4.69) is 10.3 Å². The summed E-state index contributed by atoms with van der Waals surface area (Å²) in [4.78, 5) is 15.8. The van der Waals surface area contributed by atoms with Gasteiger partial charge in [0.25, 0.3) is 0 Å². The predicted molar refractivity (Wildman–Crippen MR) is 69.3 cm³/mol. The molecule has 0 saturated heterocycles. The van der Waals surface area contributed by atoms with E-state index in [0.717, 1.165) is 15.9 Å². The number of nitrogens with one attached hydrogen (secondary N) is 1. The number of esters is 1. The lowest BCUT2D eigenvalue weighted by Crippen LogP contribution is -2.28. The molecule has 1 unspecified atom stereocenters. The zero-order valence-corrected chi connectivity index (χ0v) is 10.6. The molecule has 0 fully saturated rings. The van der Waals surface area contributed by atoms with Gasteiger partial charge in [0.2, 0.25) is 0 Å². The number of rotatable bonds is 4. The van der Waals surface area contributed by atoms with Crippen molar-refractivity contribution in [3.8, 4) is 0 Å². The maximum Gasteiger partial charge on any atom is 0.328 e. The first-order valence-corrected chi connectivity index (χ1v) is 6.35. The van der Waals surface area contributed by atoms with E-state index in [4.69, 9.17) is 4.74 Å². The number of anilines is 1. The van der Waals surface area contributed by atoms with Crippen molar-refractivity contribution in [2.24, 2.45) is 0 Å². The Kier molecular flexibility index (Phi) is 3.58. The highest BCUT2D eigenvalue weighted by Gasteiger charge is 2.15. The van der Waals surface area contributed by atoms with E-state index in [1.54, 1.807) is 31.4 Å². The Balaban J connectivity index is 2.18. The summed E-state index contributed by atoms with van der Waals surface area (Å²) in [5.74, 6) is 0.464. The van der Waals surface area contributed by atoms with Crippen LogP contribution < -0.4 is 5.32 Å². The smallest absolute Gasteiger partial charge is 0.328 e. The first-order chi connectivity index (χ1) is 8.22. The van der Waals surface area contributed by atoms with Crippen LogP contribution in [0.15, 0.2) is 23.7 Å². The summed E-state index contributed by atoms with van der Waals surface area (Å²) in [7, 11) is 0. The normalized spacial score (nSPS) is 12.4. The third-order valence-electron chi connectivity index (χ3n) is 2.37. The fourth-order valence-electron chi connectivity index (χ4n) is 1.54. The molecule has 1 N–H and O–H groups in total. The van der Waals surface area contributed by atoms with Gasteiger partial charge in [-0.3, -0.25) is 0 Å². The van der Waals surface area contributed by atoms with Crippen molar-refractivity contribution in [2.75, 3.05) is 11.9 Å². The van der Waals surface area contributed by atoms with Gasteiger partial charge in [-0.25, -0.2) is 9.78 Å². The van der Waals surface area contributed by atoms with E-state index < -0.39 is 6.04 Å². The molecule has 2 heterocycles. The minimum absolute atomic E-state index is 0.262. The number of fused-ring (bicyclic) bond motifs is 1. The van der Waals surface area contributed by atoms with Gasteiger partial charge in [-0.05, 0) is 31.4 Å². The summed E-state index contributed by atoms with van der Waals surface area (Å²) < 4.78 is 6.09. The van der Waals surface area contributed by atoms with Crippen LogP contribution in [-0.4, -0.2) is 23.6 Å². The van der Waals surface area contributed by atoms with Gasteiger partial charge in [-0.1, -0.05) is 0 Å². The molecule has 17 heavy (non-hydrogen) atoms. The average Bonchev–Trinajstić information content (AvgIpc) is 2.78. The van der Waals surface area contributed by atoms with E-state index in [1.165, 1.54) is 0 Å². The van der Waals surface area contributed by atoms with Crippen molar-refractivity contribution in [3.63, 3.8) is 0 Å². The zero-order valence-electron chi connectivity index (χ0n) is 9.77. The van der Waals surface area contributed by atoms with Crippen LogP contribution >= 0.6 is 11.3 Å². The second kappa shape index (κ2) is 5.14. The fourth-order valence-corrected chi connectivity index (χ4v) is 2.32. The quantitative estimate of drug-likeness (QED) is 0.848. The minimum Gasteiger partial charge on any atom is -0.464 e. The number of hydrogen-bond donors (Lipinski definition) is 1. The third kappa shape index (κ3) is 2.55. The van der Waals surface area contributed by atoms with Crippen molar-refractivity contribution in [1.82, 2.24) is 4.98 Å². The molecule has 2 aromatic heterocycles. The molecule has 4 nitrogen and oxygen atoms in total. The molecule has 2 aromatic rings. The van der Waals surface area contributed by atoms with Crippen LogP contribution in [0.3, 0.4) is 0 Å². The number of nitrogens with zero attached hydrogens (tertiary/aromatic N) is 1. The van der Waals surface area contributed by atoms with Crippen molar-refractivity contribution in [2.45, 2.75) is 19.9 Å². The van der Waals surface area contributed by atoms with Crippen molar-refractivity contribution in [3.05, 3.63) is 23.7 Å². The van der Waals surface area contributed by atoms with Crippen LogP contribution in [0, 0.1) is 0 Å². The molecule has 0 radical (unpaired) electrons. The molecule has 2 rings (SSSR count). The standard InChI is InChI=1S/C12H14N2O2S/c1-3-16-12(15)8(2)14-11-9-5-7-17-10(9)4-6-13-11/h4-8H,3H2,1-2H3,(H,13,14). The molecule has 0 aliphatic heterocycles. The third-order valence-corrected chi connectivity index (χ3v) is 3.26. The zero-order chi connectivity index (χ0) is 12.3. The van der Waals surface area contributed by atoms with Gasteiger partial charge in [-0.2, -0.15) is 0 Å². The second-order valence-electron chi connectivity index (χ2n) is 3.61. The summed E-state index contributed by atoms with van der Waals surface area (Å²) >= 11 is 1.65. The van der Waals surface area contributed by atoms with Gasteiger partial charge in [0.15, 0.2) is 0 Å². The van der Waals surface area contributed by atoms with Gasteiger partial charge in [-0.15, -0.1) is 11.3 Å². The van der Waals surface area contributed by atoms with E-state index in [0.29, 0.717) is 6.61 Å². The van der Waals surface area contributed by atoms with Crippen LogP contribution in [-0.2, 0) is 9.53 Å². The average molecular weight is 250 g/mol. The molecular weight excluding hydrogens is 236 g/mol. The lowest BCUT2D eigenvalue weighted by atomic mass is 10.3. The molecule has 0 bridgehead atoms. The van der Waals surface area contributed by atoms with Crippen LogP contribution in [0.5, 0.6) is 0 Å². The highest BCUT2D eigenvalue weighted by molar-refractivity contribution is 7.17. The number of carbonyl (C=O) groups excluding carboxylic acids is 1. The number of hydrogen-bond acceptors (Lipinski definition) is 5. The van der Waals surface area contributed by atoms with Gasteiger partial charge < -0.3 is 10.1 Å². The SMILES string of the molecule is CCOC(=O)C(C)Nc1nccc2sccc12. The maximum absolute atomic E-state index is 11.5. The highest BCUT2D eigenvalue weighted by atomic mass is 32.1. The number of carbonyl (C=O) groups is 1. The summed E-state index contributed by atoms with van der Waals surface area (Å²) in [5.41, 5.74) is 0. The van der Waals surface area contributed by atoms with Gasteiger partial charge in [0.1, 0.15) is 11.9 Å². The fraction of sp³-hybridized carbons (Fsp3) is 0.333. The number of aromatic nitrogens is 1. The summed E-state index contributed by atoms with van der Waals surface area (Å²) in [6, 6.07) is 3.56. The summed E-state index contributed by atoms with van der Waals surface area (Å²) in [6.07, 6.45) is 1.74. The van der Waals surface area contributed by atoms with Crippen LogP contribution in [0.4, 0.5) is 5.82 Å². The van der Waals surface area contributed by atoms with Crippen molar-refractivity contribution in [1.29, 1.82) is 0 Å². The van der Waals surface area contributed by atoms with Gasteiger partial charge in [0, 0.05) is 16.3 Å². The highest BCUT2D eigenvalue weighted by Crippen LogP contribution is 2.26. The van der Waals surface area contributed by atoms with Gasteiger partial charge in [0.05, 0.1) is 6.61 Å². The lowest BCUT2D eigenvalue weighted by Gasteiger charge is -2.13. The Bertz CT molecular complexity index is 524. The largest absolute Gasteiger partial charge is 0.464 e. The first-order valence-electron chi connectivity index (χ1n) is 5.47. The van der Waals surface area contributed by atoms with Crippen LogP contribution in [0.2, 0.25) is 0 Å². The Labute approximate surface area is 104 Å². The molecule has 1 atom stereocenters. The Hall–Kier alpha value is -1.62. The van der Waals surface area contributed by atoms with E-state index >= 15 is 0 Å². The van der Waals surface area contributed by atoms with E-state index in [9.17, 15) is 4.79 Å². The van der Waals surface area contributed by atoms with E-state index in [1.807, 2.05) is 17.5 Å². The Morgan fingerprint density at radius 1 is 1.59 bits per heavy atom. The number of pyridine rings is 1.